The van der Waals surface area contributed by atoms with Crippen LogP contribution in [0.1, 0.15) is 0 Å². The van der Waals surface area contributed by atoms with Gasteiger partial charge in [0.05, 0.1) is 42.4 Å². The maximum Gasteiger partial charge on any atom is 0.163 e. The number of hydrogen-bond acceptors (Lipinski definition) is 6. The number of nitrogens with one attached hydrogen (secondary N) is 1. The molecule has 0 aliphatic heterocycles. The minimum atomic E-state index is 0.484. The number of rotatable bonds is 6. The summed E-state index contributed by atoms with van der Waals surface area (Å²) in [5, 5.41) is 1.88. The number of methoxy groups -OCH3 is 1. The molecular formula is C22H20N6O2. The molecule has 0 aliphatic rings. The van der Waals surface area contributed by atoms with E-state index >= 15 is 0 Å². The fourth-order valence-electron chi connectivity index (χ4n) is 3.60. The first-order valence-electron chi connectivity index (χ1n) is 9.52. The lowest BCUT2D eigenvalue weighted by atomic mass is 10.0. The number of anilines is 1. The van der Waals surface area contributed by atoms with Crippen LogP contribution in [0.2, 0.25) is 0 Å². The third-order valence-corrected chi connectivity index (χ3v) is 5.09. The number of hydrogen-bond donors (Lipinski definition) is 2. The largest absolute Gasteiger partial charge is 0.493 e. The van der Waals surface area contributed by atoms with Crippen molar-refractivity contribution in [3.05, 3.63) is 61.6 Å². The molecule has 0 radical (unpaired) electrons. The van der Waals surface area contributed by atoms with E-state index in [4.69, 9.17) is 15.2 Å². The summed E-state index contributed by atoms with van der Waals surface area (Å²) < 4.78 is 13.5. The lowest BCUT2D eigenvalue weighted by Gasteiger charge is -2.13. The molecule has 0 spiro atoms. The molecular weight excluding hydrogens is 380 g/mol. The monoisotopic (exact) mass is 400 g/mol. The third-order valence-electron chi connectivity index (χ3n) is 5.09. The highest BCUT2D eigenvalue weighted by Gasteiger charge is 2.16. The van der Waals surface area contributed by atoms with Crippen molar-refractivity contribution in [1.82, 2.24) is 24.5 Å². The van der Waals surface area contributed by atoms with Gasteiger partial charge in [0.15, 0.2) is 11.5 Å². The van der Waals surface area contributed by atoms with Crippen molar-refractivity contribution in [2.75, 3.05) is 19.5 Å². The van der Waals surface area contributed by atoms with Crippen LogP contribution in [0.25, 0.3) is 33.1 Å². The zero-order chi connectivity index (χ0) is 20.5. The molecule has 5 rings (SSSR count). The van der Waals surface area contributed by atoms with Crippen LogP contribution in [0.3, 0.4) is 0 Å². The minimum Gasteiger partial charge on any atom is -0.493 e. The smallest absolute Gasteiger partial charge is 0.163 e. The number of imidazole rings is 1. The number of aromatic amines is 1. The van der Waals surface area contributed by atoms with Gasteiger partial charge in [-0.1, -0.05) is 12.1 Å². The molecule has 3 aromatic heterocycles. The van der Waals surface area contributed by atoms with Gasteiger partial charge in [-0.2, -0.15) is 0 Å². The normalized spacial score (nSPS) is 11.2. The SMILES string of the molecule is COc1cc2c(-c3c[nH]c4c(N)cccc34)ncnc2cc1OCCn1ccnc1. The lowest BCUT2D eigenvalue weighted by molar-refractivity contribution is 0.280. The maximum absolute atomic E-state index is 6.10. The average molecular weight is 400 g/mol. The van der Waals surface area contributed by atoms with Gasteiger partial charge >= 0.3 is 0 Å². The number of H-pyrrole nitrogens is 1. The number of benzene rings is 2. The lowest BCUT2D eigenvalue weighted by Crippen LogP contribution is -2.07. The second-order valence-electron chi connectivity index (χ2n) is 6.86. The van der Waals surface area contributed by atoms with Gasteiger partial charge in [-0.3, -0.25) is 0 Å². The molecule has 8 heteroatoms. The zero-order valence-electron chi connectivity index (χ0n) is 16.4. The summed E-state index contributed by atoms with van der Waals surface area (Å²) in [6.45, 7) is 1.17. The van der Waals surface area contributed by atoms with Gasteiger partial charge in [-0.25, -0.2) is 15.0 Å². The minimum absolute atomic E-state index is 0.484. The predicted molar refractivity (Wildman–Crippen MR) is 116 cm³/mol. The Morgan fingerprint density at radius 2 is 2.07 bits per heavy atom. The van der Waals surface area contributed by atoms with Gasteiger partial charge in [-0.05, 0) is 12.1 Å². The van der Waals surface area contributed by atoms with E-state index in [1.807, 2.05) is 47.3 Å². The first-order chi connectivity index (χ1) is 14.7. The summed E-state index contributed by atoms with van der Waals surface area (Å²) >= 11 is 0. The number of nitrogen functional groups attached to an aromatic ring is 1. The molecule has 3 heterocycles. The van der Waals surface area contributed by atoms with Crippen molar-refractivity contribution >= 4 is 27.5 Å². The Morgan fingerprint density at radius 1 is 1.13 bits per heavy atom. The zero-order valence-corrected chi connectivity index (χ0v) is 16.4. The van der Waals surface area contributed by atoms with Crippen LogP contribution < -0.4 is 15.2 Å². The number of para-hydroxylation sites is 1. The number of aromatic nitrogens is 5. The molecule has 0 saturated heterocycles. The van der Waals surface area contributed by atoms with Crippen molar-refractivity contribution in [2.24, 2.45) is 0 Å². The molecule has 30 heavy (non-hydrogen) atoms. The van der Waals surface area contributed by atoms with Crippen molar-refractivity contribution in [1.29, 1.82) is 0 Å². The second-order valence-corrected chi connectivity index (χ2v) is 6.86. The quantitative estimate of drug-likeness (QED) is 0.422. The molecule has 150 valence electrons. The van der Waals surface area contributed by atoms with Crippen LogP contribution in [-0.2, 0) is 6.54 Å². The van der Waals surface area contributed by atoms with Gasteiger partial charge in [0.2, 0.25) is 0 Å². The van der Waals surface area contributed by atoms with Crippen LogP contribution in [-0.4, -0.2) is 38.2 Å². The molecule has 0 saturated carbocycles. The first-order valence-corrected chi connectivity index (χ1v) is 9.52. The van der Waals surface area contributed by atoms with E-state index in [0.29, 0.717) is 30.3 Å². The van der Waals surface area contributed by atoms with Crippen LogP contribution in [0.15, 0.2) is 61.6 Å². The van der Waals surface area contributed by atoms with Gasteiger partial charge in [-0.15, -0.1) is 0 Å². The van der Waals surface area contributed by atoms with Crippen LogP contribution in [0.5, 0.6) is 11.5 Å². The first kappa shape index (κ1) is 18.0. The molecule has 0 unspecified atom stereocenters. The van der Waals surface area contributed by atoms with E-state index in [-0.39, 0.29) is 0 Å². The maximum atomic E-state index is 6.10. The van der Waals surface area contributed by atoms with E-state index in [2.05, 4.69) is 19.9 Å². The fourth-order valence-corrected chi connectivity index (χ4v) is 3.60. The Kier molecular flexibility index (Phi) is 4.44. The van der Waals surface area contributed by atoms with E-state index in [0.717, 1.165) is 33.1 Å². The predicted octanol–water partition coefficient (Wildman–Crippen LogP) is 3.64. The Balaban J connectivity index is 1.55. The van der Waals surface area contributed by atoms with Crippen molar-refractivity contribution in [3.8, 4) is 22.8 Å². The molecule has 2 aromatic carbocycles. The van der Waals surface area contributed by atoms with Crippen molar-refractivity contribution in [3.63, 3.8) is 0 Å². The second kappa shape index (κ2) is 7.40. The molecule has 8 nitrogen and oxygen atoms in total. The van der Waals surface area contributed by atoms with Crippen molar-refractivity contribution in [2.45, 2.75) is 6.54 Å². The molecule has 3 N–H and O–H groups in total. The topological polar surface area (TPSA) is 104 Å². The van der Waals surface area contributed by atoms with Crippen LogP contribution >= 0.6 is 0 Å². The summed E-state index contributed by atoms with van der Waals surface area (Å²) in [5.41, 5.74) is 10.2. The molecule has 0 aliphatic carbocycles. The Hall–Kier alpha value is -4.07. The van der Waals surface area contributed by atoms with Crippen molar-refractivity contribution < 1.29 is 9.47 Å². The molecule has 0 bridgehead atoms. The Morgan fingerprint density at radius 3 is 2.90 bits per heavy atom. The van der Waals surface area contributed by atoms with Gasteiger partial charge in [0.1, 0.15) is 12.9 Å². The highest BCUT2D eigenvalue weighted by Crippen LogP contribution is 2.38. The number of nitrogens with zero attached hydrogens (tertiary/aromatic N) is 4. The fraction of sp³-hybridized carbons (Fsp3) is 0.136. The highest BCUT2D eigenvalue weighted by molar-refractivity contribution is 6.05. The third kappa shape index (κ3) is 3.08. The standard InChI is InChI=1S/C22H20N6O2/c1-29-19-9-15-18(10-20(19)30-8-7-28-6-5-24-13-28)26-12-27-21(15)16-11-25-22-14(16)3-2-4-17(22)23/h2-6,9-13,25H,7-8,23H2,1H3. The number of ether oxygens (including phenoxy) is 2. The van der Waals surface area contributed by atoms with E-state index in [9.17, 15) is 0 Å². The van der Waals surface area contributed by atoms with Crippen LogP contribution in [0.4, 0.5) is 5.69 Å². The summed E-state index contributed by atoms with van der Waals surface area (Å²) in [7, 11) is 1.62. The van der Waals surface area contributed by atoms with Gasteiger partial charge < -0.3 is 24.8 Å². The van der Waals surface area contributed by atoms with Gasteiger partial charge in [0.25, 0.3) is 0 Å². The summed E-state index contributed by atoms with van der Waals surface area (Å²) in [6, 6.07) is 9.64. The van der Waals surface area contributed by atoms with E-state index in [1.165, 1.54) is 0 Å². The van der Waals surface area contributed by atoms with E-state index < -0.39 is 0 Å². The number of nitrogens with two attached hydrogens (primary N) is 1. The average Bonchev–Trinajstić information content (AvgIpc) is 3.43. The summed E-state index contributed by atoms with van der Waals surface area (Å²) in [4.78, 5) is 16.3. The molecule has 0 amide bonds. The van der Waals surface area contributed by atoms with Crippen LogP contribution in [0, 0.1) is 0 Å². The molecule has 5 aromatic rings. The van der Waals surface area contributed by atoms with E-state index in [1.54, 1.807) is 26.0 Å². The Labute approximate surface area is 172 Å². The number of fused-ring (bicyclic) bond motifs is 2. The summed E-state index contributed by atoms with van der Waals surface area (Å²) in [5.74, 6) is 1.27. The Bertz CT molecular complexity index is 1330. The molecule has 0 fully saturated rings. The highest BCUT2D eigenvalue weighted by atomic mass is 16.5. The van der Waals surface area contributed by atoms with Gasteiger partial charge in [0, 0.05) is 41.0 Å². The summed E-state index contributed by atoms with van der Waals surface area (Å²) in [6.07, 6.45) is 8.88. The molecule has 0 atom stereocenters.